The summed E-state index contributed by atoms with van der Waals surface area (Å²) in [7, 11) is 0. The van der Waals surface area contributed by atoms with E-state index in [1.54, 1.807) is 18.5 Å². The number of nitrogen functional groups attached to an aromatic ring is 1. The molecule has 0 aromatic carbocycles. The molecule has 0 aliphatic rings. The largest absolute Gasteiger partial charge is 0.398 e. The zero-order valence-electron chi connectivity index (χ0n) is 6.46. The van der Waals surface area contributed by atoms with Crippen LogP contribution in [0.3, 0.4) is 0 Å². The Kier molecular flexibility index (Phi) is 2.51. The van der Waals surface area contributed by atoms with Crippen LogP contribution in [-0.4, -0.2) is 4.98 Å². The molecule has 0 aliphatic heterocycles. The predicted octanol–water partition coefficient (Wildman–Crippen LogP) is 1.43. The number of rotatable bonds is 0. The fourth-order valence-corrected chi connectivity index (χ4v) is 0.693. The van der Waals surface area contributed by atoms with E-state index in [2.05, 4.69) is 16.8 Å². The second-order valence-corrected chi connectivity index (χ2v) is 2.12. The van der Waals surface area contributed by atoms with Gasteiger partial charge in [-0.3, -0.25) is 4.98 Å². The molecule has 0 bridgehead atoms. The minimum atomic E-state index is 0.695. The highest BCUT2D eigenvalue weighted by atomic mass is 14.7. The van der Waals surface area contributed by atoms with Crippen molar-refractivity contribution in [1.29, 1.82) is 0 Å². The molecule has 11 heavy (non-hydrogen) atoms. The molecule has 0 radical (unpaired) electrons. The van der Waals surface area contributed by atoms with Crippen molar-refractivity contribution >= 4 is 5.69 Å². The van der Waals surface area contributed by atoms with Crippen LogP contribution in [-0.2, 0) is 0 Å². The maximum absolute atomic E-state index is 5.62. The molecule has 0 unspecified atom stereocenters. The van der Waals surface area contributed by atoms with Gasteiger partial charge < -0.3 is 5.73 Å². The first-order valence-corrected chi connectivity index (χ1v) is 3.53. The van der Waals surface area contributed by atoms with E-state index in [1.807, 2.05) is 6.92 Å². The summed E-state index contributed by atoms with van der Waals surface area (Å²) in [4.78, 5) is 3.92. The van der Waals surface area contributed by atoms with E-state index in [4.69, 9.17) is 5.73 Å². The van der Waals surface area contributed by atoms with Gasteiger partial charge in [0.1, 0.15) is 0 Å². The van der Waals surface area contributed by atoms with Gasteiger partial charge in [0.25, 0.3) is 0 Å². The van der Waals surface area contributed by atoms with E-state index in [0.717, 1.165) is 12.0 Å². The summed E-state index contributed by atoms with van der Waals surface area (Å²) in [6.45, 7) is 2.00. The molecule has 0 aliphatic carbocycles. The van der Waals surface area contributed by atoms with Crippen molar-refractivity contribution in [3.05, 3.63) is 24.0 Å². The maximum Gasteiger partial charge on any atom is 0.0658 e. The molecular formula is C9H10N2. The zero-order chi connectivity index (χ0) is 8.10. The third-order valence-corrected chi connectivity index (χ3v) is 1.25. The third-order valence-electron chi connectivity index (χ3n) is 1.25. The van der Waals surface area contributed by atoms with Crippen LogP contribution < -0.4 is 5.73 Å². The highest BCUT2D eigenvalue weighted by molar-refractivity contribution is 5.53. The van der Waals surface area contributed by atoms with Crippen molar-refractivity contribution in [2.24, 2.45) is 0 Å². The molecule has 2 nitrogen and oxygen atoms in total. The fraction of sp³-hybridized carbons (Fsp3) is 0.222. The SMILES string of the molecule is CCC#Cc1cnccc1N. The Labute approximate surface area is 66.4 Å². The number of hydrogen-bond acceptors (Lipinski definition) is 2. The molecule has 0 saturated heterocycles. The summed E-state index contributed by atoms with van der Waals surface area (Å²) < 4.78 is 0. The van der Waals surface area contributed by atoms with Gasteiger partial charge in [-0.25, -0.2) is 0 Å². The zero-order valence-corrected chi connectivity index (χ0v) is 6.46. The number of nitrogens with two attached hydrogens (primary N) is 1. The molecule has 0 fully saturated rings. The second-order valence-electron chi connectivity index (χ2n) is 2.12. The van der Waals surface area contributed by atoms with E-state index in [-0.39, 0.29) is 0 Å². The number of aromatic nitrogens is 1. The van der Waals surface area contributed by atoms with E-state index in [0.29, 0.717) is 5.69 Å². The van der Waals surface area contributed by atoms with Crippen molar-refractivity contribution in [2.75, 3.05) is 5.73 Å². The van der Waals surface area contributed by atoms with Crippen LogP contribution in [0.1, 0.15) is 18.9 Å². The maximum atomic E-state index is 5.62. The number of pyridine rings is 1. The van der Waals surface area contributed by atoms with Gasteiger partial charge in [-0.05, 0) is 6.07 Å². The van der Waals surface area contributed by atoms with Crippen LogP contribution in [0, 0.1) is 11.8 Å². The smallest absolute Gasteiger partial charge is 0.0658 e. The van der Waals surface area contributed by atoms with Gasteiger partial charge in [-0.2, -0.15) is 0 Å². The average molecular weight is 146 g/mol. The van der Waals surface area contributed by atoms with Crippen molar-refractivity contribution in [3.63, 3.8) is 0 Å². The summed E-state index contributed by atoms with van der Waals surface area (Å²) in [6, 6.07) is 1.75. The van der Waals surface area contributed by atoms with Crippen molar-refractivity contribution < 1.29 is 0 Å². The van der Waals surface area contributed by atoms with Crippen molar-refractivity contribution in [1.82, 2.24) is 4.98 Å². The van der Waals surface area contributed by atoms with Crippen molar-refractivity contribution in [2.45, 2.75) is 13.3 Å². The molecule has 0 atom stereocenters. The lowest BCUT2D eigenvalue weighted by molar-refractivity contribution is 1.27. The first-order chi connectivity index (χ1) is 5.34. The quantitative estimate of drug-likeness (QED) is 0.562. The van der Waals surface area contributed by atoms with Crippen LogP contribution in [0.5, 0.6) is 0 Å². The minimum Gasteiger partial charge on any atom is -0.398 e. The molecule has 56 valence electrons. The lowest BCUT2D eigenvalue weighted by Crippen LogP contribution is -1.89. The molecule has 2 heteroatoms. The molecule has 1 aromatic rings. The summed E-state index contributed by atoms with van der Waals surface area (Å²) in [6.07, 6.45) is 4.18. The highest BCUT2D eigenvalue weighted by Crippen LogP contribution is 2.05. The van der Waals surface area contributed by atoms with E-state index >= 15 is 0 Å². The normalized spacial score (nSPS) is 8.45. The number of hydrogen-bond donors (Lipinski definition) is 1. The molecule has 1 heterocycles. The summed E-state index contributed by atoms with van der Waals surface area (Å²) in [5.41, 5.74) is 7.13. The predicted molar refractivity (Wildman–Crippen MR) is 45.8 cm³/mol. The second kappa shape index (κ2) is 3.62. The Morgan fingerprint density at radius 3 is 3.09 bits per heavy atom. The Morgan fingerprint density at radius 2 is 2.45 bits per heavy atom. The average Bonchev–Trinajstić information content (AvgIpc) is 2.03. The van der Waals surface area contributed by atoms with E-state index in [1.165, 1.54) is 0 Å². The molecular weight excluding hydrogens is 136 g/mol. The third kappa shape index (κ3) is 1.98. The lowest BCUT2D eigenvalue weighted by Gasteiger charge is -1.93. The summed E-state index contributed by atoms with van der Waals surface area (Å²) >= 11 is 0. The van der Waals surface area contributed by atoms with Gasteiger partial charge in [0, 0.05) is 18.8 Å². The molecule has 1 aromatic heterocycles. The van der Waals surface area contributed by atoms with Crippen LogP contribution in [0.25, 0.3) is 0 Å². The van der Waals surface area contributed by atoms with Crippen LogP contribution in [0.15, 0.2) is 18.5 Å². The summed E-state index contributed by atoms with van der Waals surface area (Å²) in [5.74, 6) is 5.86. The first-order valence-electron chi connectivity index (χ1n) is 3.53. The molecule has 0 saturated carbocycles. The Hall–Kier alpha value is -1.49. The van der Waals surface area contributed by atoms with Crippen LogP contribution in [0.4, 0.5) is 5.69 Å². The van der Waals surface area contributed by atoms with Gasteiger partial charge in [0.15, 0.2) is 0 Å². The summed E-state index contributed by atoms with van der Waals surface area (Å²) in [5, 5.41) is 0. The molecule has 2 N–H and O–H groups in total. The number of anilines is 1. The monoisotopic (exact) mass is 146 g/mol. The highest BCUT2D eigenvalue weighted by Gasteiger charge is 1.90. The van der Waals surface area contributed by atoms with E-state index in [9.17, 15) is 0 Å². The molecule has 1 rings (SSSR count). The Balaban J connectivity index is 2.95. The fourth-order valence-electron chi connectivity index (χ4n) is 0.693. The molecule has 0 amide bonds. The van der Waals surface area contributed by atoms with Crippen LogP contribution in [0.2, 0.25) is 0 Å². The van der Waals surface area contributed by atoms with Gasteiger partial charge in [0.2, 0.25) is 0 Å². The molecule has 0 spiro atoms. The Bertz CT molecular complexity index is 294. The topological polar surface area (TPSA) is 38.9 Å². The first kappa shape index (κ1) is 7.62. The lowest BCUT2D eigenvalue weighted by atomic mass is 10.2. The standard InChI is InChI=1S/C9H10N2/c1-2-3-4-8-7-11-6-5-9(8)10/h5-7H,2H2,1H3,(H2,10,11). The minimum absolute atomic E-state index is 0.695. The van der Waals surface area contributed by atoms with Crippen molar-refractivity contribution in [3.8, 4) is 11.8 Å². The van der Waals surface area contributed by atoms with Gasteiger partial charge in [-0.1, -0.05) is 18.8 Å². The van der Waals surface area contributed by atoms with Gasteiger partial charge in [-0.15, -0.1) is 0 Å². The number of nitrogens with zero attached hydrogens (tertiary/aromatic N) is 1. The van der Waals surface area contributed by atoms with Gasteiger partial charge >= 0.3 is 0 Å². The van der Waals surface area contributed by atoms with Crippen LogP contribution >= 0.6 is 0 Å². The van der Waals surface area contributed by atoms with E-state index < -0.39 is 0 Å². The Morgan fingerprint density at radius 1 is 1.64 bits per heavy atom. The van der Waals surface area contributed by atoms with Gasteiger partial charge in [0.05, 0.1) is 11.3 Å².